The fourth-order valence-electron chi connectivity index (χ4n) is 7.96. The monoisotopic (exact) mass is 643 g/mol. The number of aromatic nitrogens is 1. The summed E-state index contributed by atoms with van der Waals surface area (Å²) in [6.07, 6.45) is 0.722. The van der Waals surface area contributed by atoms with Crippen LogP contribution in [0.2, 0.25) is 0 Å². The van der Waals surface area contributed by atoms with Crippen molar-refractivity contribution in [3.05, 3.63) is 98.7 Å². The molecule has 0 unspecified atom stereocenters. The minimum absolute atomic E-state index is 0.0187. The maximum absolute atomic E-state index is 13.9. The van der Waals surface area contributed by atoms with Gasteiger partial charge < -0.3 is 20.1 Å². The van der Waals surface area contributed by atoms with Gasteiger partial charge in [-0.2, -0.15) is 0 Å². The molecule has 4 aromatic rings. The summed E-state index contributed by atoms with van der Waals surface area (Å²) in [6, 6.07) is 19.0. The van der Waals surface area contributed by atoms with E-state index in [9.17, 15) is 28.7 Å². The van der Waals surface area contributed by atoms with Gasteiger partial charge in [0.15, 0.2) is 6.61 Å². The number of thioether (sulfide) groups is 1. The number of phenols is 1. The molecule has 9 nitrogen and oxygen atoms in total. The molecule has 2 aliphatic heterocycles. The Morgan fingerprint density at radius 1 is 0.978 bits per heavy atom. The van der Waals surface area contributed by atoms with Gasteiger partial charge in [-0.25, -0.2) is 4.39 Å². The number of amides is 3. The zero-order valence-corrected chi connectivity index (χ0v) is 25.1. The minimum Gasteiger partial charge on any atom is -0.508 e. The first-order chi connectivity index (χ1) is 21.8. The first-order valence-corrected chi connectivity index (χ1v) is 16.3. The van der Waals surface area contributed by atoms with Gasteiger partial charge in [0.25, 0.3) is 5.91 Å². The third-order valence-electron chi connectivity index (χ3n) is 9.57. The molecule has 3 heterocycles. The number of thiazole rings is 1. The molecule has 8 rings (SSSR count). The van der Waals surface area contributed by atoms with Gasteiger partial charge in [-0.1, -0.05) is 29.5 Å². The van der Waals surface area contributed by atoms with Crippen LogP contribution in [0.5, 0.6) is 11.5 Å². The number of anilines is 2. The lowest BCUT2D eigenvalue weighted by atomic mass is 9.68. The van der Waals surface area contributed by atoms with E-state index in [1.807, 2.05) is 18.2 Å². The Kier molecular flexibility index (Phi) is 6.61. The third-order valence-corrected chi connectivity index (χ3v) is 12.2. The van der Waals surface area contributed by atoms with Crippen LogP contribution < -0.4 is 19.8 Å². The fraction of sp³-hybridized carbons (Fsp3) is 0.273. The van der Waals surface area contributed by atoms with Gasteiger partial charge in [0.1, 0.15) is 17.3 Å². The van der Waals surface area contributed by atoms with E-state index >= 15 is 0 Å². The molecule has 3 fully saturated rings. The van der Waals surface area contributed by atoms with Gasteiger partial charge in [-0.3, -0.25) is 24.1 Å². The molecule has 12 heteroatoms. The number of imide groups is 1. The van der Waals surface area contributed by atoms with E-state index < -0.39 is 17.7 Å². The van der Waals surface area contributed by atoms with Gasteiger partial charge in [0.05, 0.1) is 22.5 Å². The zero-order valence-electron chi connectivity index (χ0n) is 23.5. The zero-order chi connectivity index (χ0) is 31.0. The highest BCUT2D eigenvalue weighted by Gasteiger charge is 2.69. The number of nitrogens with one attached hydrogen (secondary N) is 2. The number of hydrogen-bond donors (Lipinski definition) is 3. The van der Waals surface area contributed by atoms with E-state index in [0.717, 1.165) is 33.2 Å². The predicted octanol–water partition coefficient (Wildman–Crippen LogP) is 4.98. The summed E-state index contributed by atoms with van der Waals surface area (Å²) in [5.41, 5.74) is 1.71. The lowest BCUT2D eigenvalue weighted by molar-refractivity contribution is -0.123. The summed E-state index contributed by atoms with van der Waals surface area (Å²) in [5.74, 6) is -2.22. The molecule has 2 bridgehead atoms. The van der Waals surface area contributed by atoms with Crippen molar-refractivity contribution < 1.29 is 28.6 Å². The summed E-state index contributed by atoms with van der Waals surface area (Å²) in [6.45, 7) is -0.264. The summed E-state index contributed by atoms with van der Waals surface area (Å²) in [7, 11) is 0. The SMILES string of the molecule is O=C(COc1ccccc1[C@@H]1c2sc(=O)[nH]c2S[C@@H]2[C@@H]3C[C@@H]([C@@H]4C(=O)N(c5ccc(F)cc5)C(=O)[C@@H]34)[C@H]12)Nc1ccc(O)cc1. The smallest absolute Gasteiger partial charge is 0.305 e. The van der Waals surface area contributed by atoms with Crippen molar-refractivity contribution in [3.8, 4) is 11.5 Å². The Hall–Kier alpha value is -4.42. The number of ether oxygens (including phenoxy) is 1. The van der Waals surface area contributed by atoms with Crippen LogP contribution in [0.4, 0.5) is 15.8 Å². The summed E-state index contributed by atoms with van der Waals surface area (Å²) < 4.78 is 19.7. The average Bonchev–Trinajstić information content (AvgIpc) is 3.77. The molecule has 4 aliphatic rings. The number of aromatic hydroxyl groups is 1. The molecule has 7 atom stereocenters. The Bertz CT molecular complexity index is 1910. The molecular weight excluding hydrogens is 618 g/mol. The van der Waals surface area contributed by atoms with Crippen LogP contribution in [0.25, 0.3) is 0 Å². The normalized spacial score (nSPS) is 27.7. The number of halogens is 1. The van der Waals surface area contributed by atoms with Crippen LogP contribution in [-0.2, 0) is 14.4 Å². The van der Waals surface area contributed by atoms with E-state index in [2.05, 4.69) is 10.3 Å². The standard InChI is InChI=1S/C33H26FN3O6S2/c34-15-5-9-17(10-6-15)37-31(40)26-20-13-21(27(26)32(37)41)28-25(20)24(29-30(44-28)36-33(42)45-29)19-3-1-2-4-22(19)43-14-23(39)35-16-7-11-18(38)12-8-16/h1-12,20-21,24-28,38H,13-14H2,(H,35,39)(H,36,42)/t20-,21-,24+,25-,26+,27+,28-/m1/s1. The quantitative estimate of drug-likeness (QED) is 0.200. The van der Waals surface area contributed by atoms with Crippen LogP contribution in [-0.4, -0.2) is 39.7 Å². The van der Waals surface area contributed by atoms with E-state index in [1.165, 1.54) is 41.3 Å². The van der Waals surface area contributed by atoms with Crippen LogP contribution in [0, 0.1) is 35.4 Å². The second kappa shape index (κ2) is 10.6. The van der Waals surface area contributed by atoms with Crippen LogP contribution in [0.1, 0.15) is 22.8 Å². The highest BCUT2D eigenvalue weighted by Crippen LogP contribution is 2.69. The molecule has 45 heavy (non-hydrogen) atoms. The van der Waals surface area contributed by atoms with E-state index in [4.69, 9.17) is 4.74 Å². The summed E-state index contributed by atoms with van der Waals surface area (Å²) >= 11 is 2.73. The number of carbonyl (C=O) groups excluding carboxylic acids is 3. The fourth-order valence-corrected chi connectivity index (χ4v) is 10.8. The largest absolute Gasteiger partial charge is 0.508 e. The maximum atomic E-state index is 13.9. The molecule has 3 N–H and O–H groups in total. The van der Waals surface area contributed by atoms with E-state index in [-0.39, 0.29) is 63.9 Å². The third kappa shape index (κ3) is 4.49. The molecule has 1 aromatic heterocycles. The van der Waals surface area contributed by atoms with Crippen molar-refractivity contribution in [2.45, 2.75) is 22.6 Å². The number of nitrogens with zero attached hydrogens (tertiary/aromatic N) is 1. The summed E-state index contributed by atoms with van der Waals surface area (Å²) in [5, 5.41) is 13.0. The maximum Gasteiger partial charge on any atom is 0.305 e. The molecule has 3 amide bonds. The van der Waals surface area contributed by atoms with E-state index in [0.29, 0.717) is 17.1 Å². The number of benzene rings is 3. The van der Waals surface area contributed by atoms with Crippen LogP contribution >= 0.6 is 23.1 Å². The van der Waals surface area contributed by atoms with Crippen molar-refractivity contribution in [1.29, 1.82) is 0 Å². The molecule has 0 radical (unpaired) electrons. The highest BCUT2D eigenvalue weighted by molar-refractivity contribution is 8.00. The number of hydrogen-bond acceptors (Lipinski definition) is 8. The number of aromatic amines is 1. The Morgan fingerprint density at radius 2 is 1.69 bits per heavy atom. The second-order valence-electron chi connectivity index (χ2n) is 11.9. The number of rotatable bonds is 6. The molecular formula is C33H26FN3O6S2. The lowest BCUT2D eigenvalue weighted by Crippen LogP contribution is -2.42. The predicted molar refractivity (Wildman–Crippen MR) is 166 cm³/mol. The van der Waals surface area contributed by atoms with Crippen LogP contribution in [0.15, 0.2) is 82.6 Å². The first kappa shape index (κ1) is 28.1. The van der Waals surface area contributed by atoms with Gasteiger partial charge in [0, 0.05) is 27.3 Å². The van der Waals surface area contributed by atoms with Crippen molar-refractivity contribution in [2.24, 2.45) is 29.6 Å². The van der Waals surface area contributed by atoms with Gasteiger partial charge >= 0.3 is 4.87 Å². The Morgan fingerprint density at radius 3 is 2.44 bits per heavy atom. The second-order valence-corrected chi connectivity index (χ2v) is 14.1. The minimum atomic E-state index is -0.502. The number of fused-ring (bicyclic) bond motifs is 9. The lowest BCUT2D eigenvalue weighted by Gasteiger charge is -2.43. The van der Waals surface area contributed by atoms with Crippen LogP contribution in [0.3, 0.4) is 0 Å². The van der Waals surface area contributed by atoms with E-state index in [1.54, 1.807) is 30.0 Å². The molecule has 1 saturated heterocycles. The molecule has 2 aliphatic carbocycles. The Labute approximate surface area is 264 Å². The van der Waals surface area contributed by atoms with Gasteiger partial charge in [-0.15, -0.1) is 11.8 Å². The molecule has 0 spiro atoms. The number of carbonyl (C=O) groups is 3. The van der Waals surface area contributed by atoms with Gasteiger partial charge in [-0.05, 0) is 78.8 Å². The van der Waals surface area contributed by atoms with Gasteiger partial charge in [0.2, 0.25) is 11.8 Å². The number of para-hydroxylation sites is 1. The first-order valence-electron chi connectivity index (χ1n) is 14.6. The number of H-pyrrole nitrogens is 1. The Balaban J connectivity index is 1.12. The van der Waals surface area contributed by atoms with Crippen molar-refractivity contribution in [1.82, 2.24) is 4.98 Å². The highest BCUT2D eigenvalue weighted by atomic mass is 32.2. The molecule has 2 saturated carbocycles. The summed E-state index contributed by atoms with van der Waals surface area (Å²) in [4.78, 5) is 58.0. The topological polar surface area (TPSA) is 129 Å². The molecule has 228 valence electrons. The molecule has 3 aromatic carbocycles. The van der Waals surface area contributed by atoms with Crippen molar-refractivity contribution in [2.75, 3.05) is 16.8 Å². The average molecular weight is 644 g/mol. The van der Waals surface area contributed by atoms with Crippen molar-refractivity contribution >= 4 is 52.2 Å². The van der Waals surface area contributed by atoms with Crippen molar-refractivity contribution in [3.63, 3.8) is 0 Å². The number of phenolic OH excluding ortho intramolecular Hbond substituents is 1.